The van der Waals surface area contributed by atoms with Gasteiger partial charge in [0.1, 0.15) is 0 Å². The second-order valence-electron chi connectivity index (χ2n) is 6.74. The van der Waals surface area contributed by atoms with Crippen molar-refractivity contribution in [2.24, 2.45) is 0 Å². The summed E-state index contributed by atoms with van der Waals surface area (Å²) in [5, 5.41) is 49.2. The number of hydrogen-bond acceptors (Lipinski definition) is 12. The van der Waals surface area contributed by atoms with E-state index in [4.69, 9.17) is 59.1 Å². The van der Waals surface area contributed by atoms with E-state index in [2.05, 4.69) is 13.2 Å². The topological polar surface area (TPSA) is 211 Å². The number of hydrogen-bond donors (Lipinski definition) is 6. The number of ether oxygens (including phenoxy) is 6. The first-order chi connectivity index (χ1) is 18.1. The molecule has 0 radical (unpaired) electrons. The van der Waals surface area contributed by atoms with Gasteiger partial charge in [0.25, 0.3) is 0 Å². The first-order valence-corrected chi connectivity index (χ1v) is 11.8. The van der Waals surface area contributed by atoms with E-state index < -0.39 is 11.9 Å². The van der Waals surface area contributed by atoms with Crippen LogP contribution in [0.3, 0.4) is 0 Å². The molecule has 14 nitrogen and oxygen atoms in total. The fraction of sp³-hybridized carbons (Fsp3) is 0.750. The summed E-state index contributed by atoms with van der Waals surface area (Å²) in [7, 11) is 0. The number of aliphatic carboxylic acids is 2. The number of carboxylic acid groups (broad SMARTS) is 2. The Kier molecular flexibility index (Phi) is 44.8. The second-order valence-corrected chi connectivity index (χ2v) is 6.74. The van der Waals surface area contributed by atoms with Crippen LogP contribution >= 0.6 is 0 Å². The third kappa shape index (κ3) is 54.8. The van der Waals surface area contributed by atoms with Gasteiger partial charge in [0, 0.05) is 11.1 Å². The van der Waals surface area contributed by atoms with E-state index in [1.165, 1.54) is 13.8 Å². The highest BCUT2D eigenvalue weighted by Crippen LogP contribution is 1.82. The van der Waals surface area contributed by atoms with Crippen LogP contribution in [0.1, 0.15) is 13.8 Å². The van der Waals surface area contributed by atoms with Crippen molar-refractivity contribution in [2.75, 3.05) is 106 Å². The molecular weight excluding hydrogens is 512 g/mol. The zero-order valence-electron chi connectivity index (χ0n) is 22.7. The van der Waals surface area contributed by atoms with Gasteiger partial charge in [0.15, 0.2) is 0 Å². The maximum atomic E-state index is 9.60. The Balaban J connectivity index is -0.000000216. The van der Waals surface area contributed by atoms with Gasteiger partial charge in [-0.1, -0.05) is 13.2 Å². The summed E-state index contributed by atoms with van der Waals surface area (Å²) in [4.78, 5) is 19.2. The summed E-state index contributed by atoms with van der Waals surface area (Å²) >= 11 is 0. The van der Waals surface area contributed by atoms with Crippen molar-refractivity contribution in [2.45, 2.75) is 13.8 Å². The third-order valence-corrected chi connectivity index (χ3v) is 3.16. The Hall–Kier alpha value is -1.98. The van der Waals surface area contributed by atoms with Gasteiger partial charge in [-0.05, 0) is 13.8 Å². The van der Waals surface area contributed by atoms with Gasteiger partial charge in [0.2, 0.25) is 0 Å². The quantitative estimate of drug-likeness (QED) is 0.0717. The molecule has 0 aromatic rings. The number of carbonyl (C=O) groups is 2. The molecule has 0 saturated heterocycles. The second kappa shape index (κ2) is 39.5. The van der Waals surface area contributed by atoms with Gasteiger partial charge in [-0.3, -0.25) is 0 Å². The predicted molar refractivity (Wildman–Crippen MR) is 138 cm³/mol. The smallest absolute Gasteiger partial charge is 0.330 e. The molecule has 0 heterocycles. The third-order valence-electron chi connectivity index (χ3n) is 3.16. The van der Waals surface area contributed by atoms with Gasteiger partial charge < -0.3 is 59.1 Å². The summed E-state index contributed by atoms with van der Waals surface area (Å²) in [6, 6.07) is 0. The molecular formula is C24H48O14. The van der Waals surface area contributed by atoms with Crippen LogP contribution in [0.5, 0.6) is 0 Å². The van der Waals surface area contributed by atoms with Crippen LogP contribution in [-0.4, -0.2) is 148 Å². The minimum Gasteiger partial charge on any atom is -0.478 e. The molecule has 0 bridgehead atoms. The highest BCUT2D eigenvalue weighted by atomic mass is 16.6. The number of aliphatic hydroxyl groups excluding tert-OH is 4. The summed E-state index contributed by atoms with van der Waals surface area (Å²) in [5.74, 6) is -1.87. The monoisotopic (exact) mass is 560 g/mol. The molecule has 0 spiro atoms. The summed E-state index contributed by atoms with van der Waals surface area (Å²) in [6.45, 7) is 14.7. The highest BCUT2D eigenvalue weighted by Gasteiger charge is 1.92. The summed E-state index contributed by atoms with van der Waals surface area (Å²) in [5.41, 5.74) is 0.352. The van der Waals surface area contributed by atoms with E-state index in [0.717, 1.165) is 0 Å². The first-order valence-electron chi connectivity index (χ1n) is 11.8. The molecule has 0 unspecified atom stereocenters. The van der Waals surface area contributed by atoms with Gasteiger partial charge in [-0.25, -0.2) is 9.59 Å². The maximum absolute atomic E-state index is 9.60. The van der Waals surface area contributed by atoms with Gasteiger partial charge in [-0.15, -0.1) is 0 Å². The fourth-order valence-corrected chi connectivity index (χ4v) is 1.34. The molecule has 14 heteroatoms. The van der Waals surface area contributed by atoms with Crippen LogP contribution in [0.15, 0.2) is 24.3 Å². The summed E-state index contributed by atoms with van der Waals surface area (Å²) in [6.07, 6.45) is 0. The van der Waals surface area contributed by atoms with Crippen LogP contribution in [-0.2, 0) is 38.0 Å². The molecule has 0 atom stereocenters. The minimum atomic E-state index is -0.935. The lowest BCUT2D eigenvalue weighted by Crippen LogP contribution is -2.11. The minimum absolute atomic E-state index is 0.0413. The van der Waals surface area contributed by atoms with Crippen LogP contribution in [0.25, 0.3) is 0 Å². The Morgan fingerprint density at radius 2 is 0.579 bits per heavy atom. The normalized spacial score (nSPS) is 9.63. The standard InChI is InChI=1S/2C8H18O5.2C4H6O2/c2*9-1-3-11-5-7-13-8-6-12-4-2-10;2*1-3(2)4(5)6/h2*9-10H,1-8H2;2*1H2,2H3,(H,5,6). The van der Waals surface area contributed by atoms with Crippen LogP contribution < -0.4 is 0 Å². The summed E-state index contributed by atoms with van der Waals surface area (Å²) < 4.78 is 30.0. The van der Waals surface area contributed by atoms with Crippen LogP contribution in [0, 0.1) is 0 Å². The lowest BCUT2D eigenvalue weighted by molar-refractivity contribution is -0.133. The molecule has 0 amide bonds. The van der Waals surface area contributed by atoms with E-state index in [1.54, 1.807) is 0 Å². The van der Waals surface area contributed by atoms with Crippen molar-refractivity contribution in [3.05, 3.63) is 24.3 Å². The zero-order chi connectivity index (χ0) is 29.9. The largest absolute Gasteiger partial charge is 0.478 e. The molecule has 0 rings (SSSR count). The number of carboxylic acids is 2. The zero-order valence-corrected chi connectivity index (χ0v) is 22.7. The number of rotatable bonds is 22. The molecule has 0 aliphatic carbocycles. The molecule has 0 aliphatic heterocycles. The lowest BCUT2D eigenvalue weighted by Gasteiger charge is -2.04. The molecule has 0 aromatic heterocycles. The van der Waals surface area contributed by atoms with Crippen molar-refractivity contribution in [3.8, 4) is 0 Å². The van der Waals surface area contributed by atoms with E-state index in [0.29, 0.717) is 79.3 Å². The van der Waals surface area contributed by atoms with E-state index in [1.807, 2.05) is 0 Å². The maximum Gasteiger partial charge on any atom is 0.330 e. The van der Waals surface area contributed by atoms with Crippen molar-refractivity contribution in [1.29, 1.82) is 0 Å². The van der Waals surface area contributed by atoms with Crippen LogP contribution in [0.2, 0.25) is 0 Å². The average Bonchev–Trinajstić information content (AvgIpc) is 2.88. The molecule has 0 saturated carbocycles. The molecule has 38 heavy (non-hydrogen) atoms. The Bertz CT molecular complexity index is 438. The predicted octanol–water partition coefficient (Wildman–Crippen LogP) is -0.664. The Labute approximate surface area is 225 Å². The van der Waals surface area contributed by atoms with E-state index in [9.17, 15) is 9.59 Å². The molecule has 0 fully saturated rings. The molecule has 6 N–H and O–H groups in total. The van der Waals surface area contributed by atoms with Crippen molar-refractivity contribution in [1.82, 2.24) is 0 Å². The lowest BCUT2D eigenvalue weighted by atomic mass is 10.4. The fourth-order valence-electron chi connectivity index (χ4n) is 1.34. The molecule has 0 aromatic carbocycles. The molecule has 0 aliphatic rings. The highest BCUT2D eigenvalue weighted by molar-refractivity contribution is 5.85. The Morgan fingerprint density at radius 1 is 0.447 bits per heavy atom. The van der Waals surface area contributed by atoms with Gasteiger partial charge >= 0.3 is 11.9 Å². The van der Waals surface area contributed by atoms with E-state index >= 15 is 0 Å². The Morgan fingerprint density at radius 3 is 0.684 bits per heavy atom. The average molecular weight is 561 g/mol. The SMILES string of the molecule is C=C(C)C(=O)O.C=C(C)C(=O)O.OCCOCCOCCOCCO.OCCOCCOCCOCCO. The van der Waals surface area contributed by atoms with Crippen molar-refractivity contribution < 1.29 is 68.6 Å². The van der Waals surface area contributed by atoms with Crippen molar-refractivity contribution in [3.63, 3.8) is 0 Å². The van der Waals surface area contributed by atoms with Crippen molar-refractivity contribution >= 4 is 11.9 Å². The number of aliphatic hydroxyl groups is 4. The van der Waals surface area contributed by atoms with Gasteiger partial charge in [-0.2, -0.15) is 0 Å². The van der Waals surface area contributed by atoms with Crippen LogP contribution in [0.4, 0.5) is 0 Å². The molecule has 228 valence electrons. The van der Waals surface area contributed by atoms with Gasteiger partial charge in [0.05, 0.1) is 106 Å². The van der Waals surface area contributed by atoms with E-state index in [-0.39, 0.29) is 37.6 Å². The first kappa shape index (κ1) is 43.1.